The quantitative estimate of drug-likeness (QED) is 0.484. The molecular formula is C10H18O2. The first-order chi connectivity index (χ1) is 5.72. The van der Waals surface area contributed by atoms with E-state index in [1.165, 1.54) is 0 Å². The zero-order valence-electron chi connectivity index (χ0n) is 7.92. The largest absolute Gasteiger partial charge is 0.390 e. The molecule has 2 nitrogen and oxygen atoms in total. The maximum Gasteiger partial charge on any atom is 0.0805 e. The van der Waals surface area contributed by atoms with Gasteiger partial charge in [-0.1, -0.05) is 0 Å². The predicted molar refractivity (Wildman–Crippen MR) is 49.8 cm³/mol. The molecule has 0 spiro atoms. The molecule has 0 aliphatic carbocycles. The second-order valence-electron chi connectivity index (χ2n) is 2.82. The highest BCUT2D eigenvalue weighted by Gasteiger charge is 2.12. The summed E-state index contributed by atoms with van der Waals surface area (Å²) in [5.74, 6) is 2.54. The molecule has 70 valence electrons. The Hall–Kier alpha value is -0.520. The molecule has 0 radical (unpaired) electrons. The van der Waals surface area contributed by atoms with E-state index in [0.29, 0.717) is 6.61 Å². The highest BCUT2D eigenvalue weighted by Crippen LogP contribution is 2.07. The van der Waals surface area contributed by atoms with Crippen molar-refractivity contribution in [2.45, 2.75) is 45.3 Å². The van der Waals surface area contributed by atoms with Gasteiger partial charge in [0.05, 0.1) is 12.2 Å². The third-order valence-corrected chi connectivity index (χ3v) is 1.79. The Morgan fingerprint density at radius 3 is 2.75 bits per heavy atom. The highest BCUT2D eigenvalue weighted by atomic mass is 16.5. The fraction of sp³-hybridized carbons (Fsp3) is 0.800. The summed E-state index contributed by atoms with van der Waals surface area (Å²) in [6.45, 7) is 4.45. The maximum absolute atomic E-state index is 9.48. The summed E-state index contributed by atoms with van der Waals surface area (Å²) in [6, 6.07) is 0. The number of unbranched alkanes of at least 4 members (excludes halogenated alkanes) is 1. The first-order valence-corrected chi connectivity index (χ1v) is 4.45. The van der Waals surface area contributed by atoms with E-state index in [1.807, 2.05) is 13.8 Å². The van der Waals surface area contributed by atoms with Crippen LogP contribution in [0.3, 0.4) is 0 Å². The summed E-state index contributed by atoms with van der Waals surface area (Å²) in [7, 11) is 0. The van der Waals surface area contributed by atoms with Crippen LogP contribution in [0.15, 0.2) is 0 Å². The third-order valence-electron chi connectivity index (χ3n) is 1.79. The first kappa shape index (κ1) is 11.5. The first-order valence-electron chi connectivity index (χ1n) is 4.45. The van der Waals surface area contributed by atoms with Crippen molar-refractivity contribution in [3.8, 4) is 12.3 Å². The molecule has 2 atom stereocenters. The lowest BCUT2D eigenvalue weighted by molar-refractivity contribution is -0.0252. The maximum atomic E-state index is 9.48. The van der Waals surface area contributed by atoms with Crippen molar-refractivity contribution >= 4 is 0 Å². The molecule has 0 fully saturated rings. The van der Waals surface area contributed by atoms with Gasteiger partial charge in [-0.15, -0.1) is 12.3 Å². The Balaban J connectivity index is 3.43. The van der Waals surface area contributed by atoms with Crippen molar-refractivity contribution in [1.82, 2.24) is 0 Å². The van der Waals surface area contributed by atoms with Gasteiger partial charge in [-0.3, -0.25) is 0 Å². The van der Waals surface area contributed by atoms with Crippen LogP contribution < -0.4 is 0 Å². The summed E-state index contributed by atoms with van der Waals surface area (Å²) in [5, 5.41) is 9.48. The van der Waals surface area contributed by atoms with Crippen molar-refractivity contribution in [3.05, 3.63) is 0 Å². The van der Waals surface area contributed by atoms with Crippen LogP contribution in [0.2, 0.25) is 0 Å². The lowest BCUT2D eigenvalue weighted by Gasteiger charge is -2.17. The molecule has 0 saturated heterocycles. The highest BCUT2D eigenvalue weighted by molar-refractivity contribution is 4.83. The van der Waals surface area contributed by atoms with E-state index in [1.54, 1.807) is 0 Å². The minimum Gasteiger partial charge on any atom is -0.390 e. The van der Waals surface area contributed by atoms with Gasteiger partial charge < -0.3 is 9.84 Å². The van der Waals surface area contributed by atoms with E-state index in [0.717, 1.165) is 19.3 Å². The van der Waals surface area contributed by atoms with Crippen molar-refractivity contribution in [1.29, 1.82) is 0 Å². The Labute approximate surface area is 74.9 Å². The number of rotatable bonds is 6. The van der Waals surface area contributed by atoms with Gasteiger partial charge in [-0.25, -0.2) is 0 Å². The van der Waals surface area contributed by atoms with Crippen LogP contribution in [0.25, 0.3) is 0 Å². The molecule has 0 bridgehead atoms. The second kappa shape index (κ2) is 7.15. The number of aliphatic hydroxyl groups is 1. The van der Waals surface area contributed by atoms with Crippen LogP contribution in [-0.4, -0.2) is 23.9 Å². The molecular weight excluding hydrogens is 152 g/mol. The van der Waals surface area contributed by atoms with Gasteiger partial charge >= 0.3 is 0 Å². The van der Waals surface area contributed by atoms with Crippen molar-refractivity contribution in [2.75, 3.05) is 6.61 Å². The molecule has 12 heavy (non-hydrogen) atoms. The van der Waals surface area contributed by atoms with E-state index in [2.05, 4.69) is 5.92 Å². The van der Waals surface area contributed by atoms with Crippen LogP contribution >= 0.6 is 0 Å². The van der Waals surface area contributed by atoms with E-state index in [9.17, 15) is 5.11 Å². The summed E-state index contributed by atoms with van der Waals surface area (Å²) >= 11 is 0. The Morgan fingerprint density at radius 1 is 1.58 bits per heavy atom. The van der Waals surface area contributed by atoms with Gasteiger partial charge in [0.1, 0.15) is 0 Å². The molecule has 0 aromatic rings. The standard InChI is InChI=1S/C10H18O2/c1-4-6-7-8-10(11)9(3)12-5-2/h1,9-11H,5-8H2,2-3H3. The van der Waals surface area contributed by atoms with Crippen LogP contribution in [0.1, 0.15) is 33.1 Å². The van der Waals surface area contributed by atoms with E-state index < -0.39 is 0 Å². The smallest absolute Gasteiger partial charge is 0.0805 e. The molecule has 0 aliphatic rings. The minimum atomic E-state index is -0.377. The fourth-order valence-corrected chi connectivity index (χ4v) is 1.02. The summed E-state index contributed by atoms with van der Waals surface area (Å²) in [6.07, 6.45) is 6.96. The van der Waals surface area contributed by atoms with Gasteiger partial charge in [0.15, 0.2) is 0 Å². The molecule has 0 aromatic carbocycles. The average Bonchev–Trinajstić information content (AvgIpc) is 2.05. The normalized spacial score (nSPS) is 15.2. The van der Waals surface area contributed by atoms with Gasteiger partial charge in [-0.2, -0.15) is 0 Å². The number of hydrogen-bond acceptors (Lipinski definition) is 2. The number of ether oxygens (including phenoxy) is 1. The van der Waals surface area contributed by atoms with Gasteiger partial charge in [0.2, 0.25) is 0 Å². The molecule has 0 aromatic heterocycles. The monoisotopic (exact) mass is 170 g/mol. The fourth-order valence-electron chi connectivity index (χ4n) is 1.02. The summed E-state index contributed by atoms with van der Waals surface area (Å²) in [5.41, 5.74) is 0. The molecule has 0 heterocycles. The molecule has 2 unspecified atom stereocenters. The lowest BCUT2D eigenvalue weighted by Crippen LogP contribution is -2.25. The Morgan fingerprint density at radius 2 is 2.25 bits per heavy atom. The second-order valence-corrected chi connectivity index (χ2v) is 2.82. The van der Waals surface area contributed by atoms with Crippen LogP contribution in [0.4, 0.5) is 0 Å². The summed E-state index contributed by atoms with van der Waals surface area (Å²) in [4.78, 5) is 0. The zero-order valence-corrected chi connectivity index (χ0v) is 7.92. The molecule has 0 amide bonds. The predicted octanol–water partition coefficient (Wildman–Crippen LogP) is 1.58. The number of hydrogen-bond donors (Lipinski definition) is 1. The molecule has 2 heteroatoms. The van der Waals surface area contributed by atoms with Crippen molar-refractivity contribution < 1.29 is 9.84 Å². The Kier molecular flexibility index (Phi) is 6.84. The van der Waals surface area contributed by atoms with E-state index in [4.69, 9.17) is 11.2 Å². The third kappa shape index (κ3) is 5.17. The molecule has 1 N–H and O–H groups in total. The minimum absolute atomic E-state index is 0.0761. The van der Waals surface area contributed by atoms with E-state index >= 15 is 0 Å². The lowest BCUT2D eigenvalue weighted by atomic mass is 10.1. The van der Waals surface area contributed by atoms with Gasteiger partial charge in [0, 0.05) is 13.0 Å². The Bertz CT molecular complexity index is 137. The zero-order chi connectivity index (χ0) is 9.40. The van der Waals surface area contributed by atoms with Gasteiger partial charge in [0.25, 0.3) is 0 Å². The topological polar surface area (TPSA) is 29.5 Å². The van der Waals surface area contributed by atoms with Crippen molar-refractivity contribution in [2.24, 2.45) is 0 Å². The number of terminal acetylenes is 1. The SMILES string of the molecule is C#CCCCC(O)C(C)OCC. The summed E-state index contributed by atoms with van der Waals surface area (Å²) < 4.78 is 5.23. The van der Waals surface area contributed by atoms with Crippen LogP contribution in [0, 0.1) is 12.3 Å². The van der Waals surface area contributed by atoms with Gasteiger partial charge in [-0.05, 0) is 26.7 Å². The molecule has 0 aliphatic heterocycles. The van der Waals surface area contributed by atoms with Crippen molar-refractivity contribution in [3.63, 3.8) is 0 Å². The van der Waals surface area contributed by atoms with Crippen LogP contribution in [0.5, 0.6) is 0 Å². The van der Waals surface area contributed by atoms with E-state index in [-0.39, 0.29) is 12.2 Å². The number of aliphatic hydroxyl groups excluding tert-OH is 1. The molecule has 0 rings (SSSR count). The van der Waals surface area contributed by atoms with Crippen LogP contribution in [-0.2, 0) is 4.74 Å². The average molecular weight is 170 g/mol. The molecule has 0 saturated carbocycles.